The number of hydrogen-bond acceptors (Lipinski definition) is 4. The van der Waals surface area contributed by atoms with Gasteiger partial charge in [0.25, 0.3) is 0 Å². The summed E-state index contributed by atoms with van der Waals surface area (Å²) in [7, 11) is 1.66. The van der Waals surface area contributed by atoms with Gasteiger partial charge in [0, 0.05) is 11.6 Å². The summed E-state index contributed by atoms with van der Waals surface area (Å²) in [6.45, 7) is 2.63. The molecule has 0 saturated heterocycles. The van der Waals surface area contributed by atoms with Gasteiger partial charge in [-0.15, -0.1) is 0 Å². The van der Waals surface area contributed by atoms with Crippen molar-refractivity contribution < 1.29 is 9.15 Å². The smallest absolute Gasteiger partial charge is 0.203 e. The fourth-order valence-electron chi connectivity index (χ4n) is 1.92. The van der Waals surface area contributed by atoms with Crippen LogP contribution in [0.15, 0.2) is 40.8 Å². The number of furan rings is 1. The Balaban J connectivity index is 2.01. The molecule has 0 radical (unpaired) electrons. The molecule has 2 aromatic rings. The molecule has 98 valence electrons. The Labute approximate surface area is 112 Å². The highest BCUT2D eigenvalue weighted by molar-refractivity contribution is 5.35. The van der Waals surface area contributed by atoms with Crippen LogP contribution >= 0.6 is 0 Å². The van der Waals surface area contributed by atoms with Gasteiger partial charge in [0.2, 0.25) is 5.76 Å². The summed E-state index contributed by atoms with van der Waals surface area (Å²) in [6, 6.07) is 13.5. The van der Waals surface area contributed by atoms with Crippen LogP contribution in [-0.2, 0) is 6.54 Å². The minimum absolute atomic E-state index is 0.131. The lowest BCUT2D eigenvalue weighted by molar-refractivity contribution is 0.397. The third kappa shape index (κ3) is 3.15. The molecular formula is C15H16N2O2. The van der Waals surface area contributed by atoms with Crippen molar-refractivity contribution in [2.24, 2.45) is 0 Å². The third-order valence-corrected chi connectivity index (χ3v) is 2.96. The third-order valence-electron chi connectivity index (χ3n) is 2.96. The molecule has 1 N–H and O–H groups in total. The van der Waals surface area contributed by atoms with Gasteiger partial charge in [-0.05, 0) is 25.1 Å². The molecular weight excluding hydrogens is 240 g/mol. The standard InChI is InChI=1S/C15H16N2O2/c1-11(14-5-3-4-6-15(14)18-2)17-10-13-8-7-12(9-16)19-13/h3-8,11,17H,10H2,1-2H3/t11-/m1/s1. The van der Waals surface area contributed by atoms with Crippen LogP contribution in [0.5, 0.6) is 5.75 Å². The van der Waals surface area contributed by atoms with Crippen molar-refractivity contribution in [2.75, 3.05) is 7.11 Å². The summed E-state index contributed by atoms with van der Waals surface area (Å²) in [4.78, 5) is 0. The number of nitriles is 1. The van der Waals surface area contributed by atoms with E-state index in [1.165, 1.54) is 0 Å². The molecule has 0 aliphatic carbocycles. The topological polar surface area (TPSA) is 58.2 Å². The maximum atomic E-state index is 8.69. The Morgan fingerprint density at radius 3 is 2.79 bits per heavy atom. The van der Waals surface area contributed by atoms with Gasteiger partial charge >= 0.3 is 0 Å². The maximum Gasteiger partial charge on any atom is 0.203 e. The summed E-state index contributed by atoms with van der Waals surface area (Å²) < 4.78 is 10.7. The molecule has 1 aromatic heterocycles. The number of para-hydroxylation sites is 1. The van der Waals surface area contributed by atoms with E-state index in [1.54, 1.807) is 19.2 Å². The highest BCUT2D eigenvalue weighted by atomic mass is 16.5. The highest BCUT2D eigenvalue weighted by Gasteiger charge is 2.11. The van der Waals surface area contributed by atoms with Gasteiger partial charge in [-0.3, -0.25) is 0 Å². The van der Waals surface area contributed by atoms with Crippen LogP contribution in [0.2, 0.25) is 0 Å². The van der Waals surface area contributed by atoms with E-state index in [0.717, 1.165) is 17.1 Å². The molecule has 0 spiro atoms. The average molecular weight is 256 g/mol. The van der Waals surface area contributed by atoms with Gasteiger partial charge < -0.3 is 14.5 Å². The molecule has 0 fully saturated rings. The average Bonchev–Trinajstić information content (AvgIpc) is 2.92. The quantitative estimate of drug-likeness (QED) is 0.893. The maximum absolute atomic E-state index is 8.69. The number of benzene rings is 1. The monoisotopic (exact) mass is 256 g/mol. The lowest BCUT2D eigenvalue weighted by Gasteiger charge is -2.16. The van der Waals surface area contributed by atoms with Crippen LogP contribution in [0.4, 0.5) is 0 Å². The van der Waals surface area contributed by atoms with Crippen molar-refractivity contribution in [3.63, 3.8) is 0 Å². The number of methoxy groups -OCH3 is 1. The second kappa shape index (κ2) is 6.07. The van der Waals surface area contributed by atoms with Crippen LogP contribution in [0.25, 0.3) is 0 Å². The molecule has 4 heteroatoms. The predicted molar refractivity (Wildman–Crippen MR) is 71.7 cm³/mol. The highest BCUT2D eigenvalue weighted by Crippen LogP contribution is 2.24. The first-order valence-electron chi connectivity index (χ1n) is 6.09. The zero-order chi connectivity index (χ0) is 13.7. The molecule has 0 aliphatic rings. The first kappa shape index (κ1) is 13.2. The van der Waals surface area contributed by atoms with E-state index < -0.39 is 0 Å². The summed E-state index contributed by atoms with van der Waals surface area (Å²) in [6.07, 6.45) is 0. The van der Waals surface area contributed by atoms with Gasteiger partial charge in [0.05, 0.1) is 13.7 Å². The molecule has 0 aliphatic heterocycles. The van der Waals surface area contributed by atoms with Crippen molar-refractivity contribution in [2.45, 2.75) is 19.5 Å². The Morgan fingerprint density at radius 2 is 2.11 bits per heavy atom. The van der Waals surface area contributed by atoms with E-state index in [-0.39, 0.29) is 6.04 Å². The first-order valence-corrected chi connectivity index (χ1v) is 6.09. The number of nitrogens with one attached hydrogen (secondary N) is 1. The van der Waals surface area contributed by atoms with Gasteiger partial charge in [0.15, 0.2) is 0 Å². The largest absolute Gasteiger partial charge is 0.496 e. The predicted octanol–water partition coefficient (Wildman–Crippen LogP) is 3.01. The second-order valence-corrected chi connectivity index (χ2v) is 4.22. The SMILES string of the molecule is COc1ccccc1[C@@H](C)NCc1ccc(C#N)o1. The fourth-order valence-corrected chi connectivity index (χ4v) is 1.92. The Hall–Kier alpha value is -2.25. The second-order valence-electron chi connectivity index (χ2n) is 4.22. The van der Waals surface area contributed by atoms with Crippen LogP contribution in [0.3, 0.4) is 0 Å². The molecule has 0 bridgehead atoms. The zero-order valence-corrected chi connectivity index (χ0v) is 11.0. The number of ether oxygens (including phenoxy) is 1. The normalized spacial score (nSPS) is 11.8. The van der Waals surface area contributed by atoms with Gasteiger partial charge in [-0.1, -0.05) is 18.2 Å². The minimum atomic E-state index is 0.131. The van der Waals surface area contributed by atoms with Gasteiger partial charge in [0.1, 0.15) is 17.6 Å². The molecule has 1 atom stereocenters. The number of rotatable bonds is 5. The summed E-state index contributed by atoms with van der Waals surface area (Å²) in [5.74, 6) is 1.94. The van der Waals surface area contributed by atoms with Crippen molar-refractivity contribution in [3.05, 3.63) is 53.5 Å². The van der Waals surface area contributed by atoms with Crippen molar-refractivity contribution in [1.29, 1.82) is 5.26 Å². The van der Waals surface area contributed by atoms with Crippen molar-refractivity contribution >= 4 is 0 Å². The van der Waals surface area contributed by atoms with Crippen molar-refractivity contribution in [1.82, 2.24) is 5.32 Å². The lowest BCUT2D eigenvalue weighted by atomic mass is 10.1. The van der Waals surface area contributed by atoms with Crippen molar-refractivity contribution in [3.8, 4) is 11.8 Å². The van der Waals surface area contributed by atoms with E-state index in [2.05, 4.69) is 12.2 Å². The Morgan fingerprint density at radius 1 is 1.32 bits per heavy atom. The molecule has 1 aromatic carbocycles. The molecule has 0 amide bonds. The van der Waals surface area contributed by atoms with E-state index in [1.807, 2.05) is 30.3 Å². The van der Waals surface area contributed by atoms with E-state index in [4.69, 9.17) is 14.4 Å². The Kier molecular flexibility index (Phi) is 4.22. The summed E-state index contributed by atoms with van der Waals surface area (Å²) in [5, 5.41) is 12.0. The van der Waals surface area contributed by atoms with Gasteiger partial charge in [-0.2, -0.15) is 5.26 Å². The van der Waals surface area contributed by atoms with Crippen LogP contribution in [-0.4, -0.2) is 7.11 Å². The van der Waals surface area contributed by atoms with Crippen LogP contribution < -0.4 is 10.1 Å². The van der Waals surface area contributed by atoms with E-state index in [0.29, 0.717) is 12.3 Å². The minimum Gasteiger partial charge on any atom is -0.496 e. The fraction of sp³-hybridized carbons (Fsp3) is 0.267. The summed E-state index contributed by atoms with van der Waals surface area (Å²) in [5.41, 5.74) is 1.09. The lowest BCUT2D eigenvalue weighted by Crippen LogP contribution is -2.18. The van der Waals surface area contributed by atoms with Crippen LogP contribution in [0, 0.1) is 11.3 Å². The van der Waals surface area contributed by atoms with Gasteiger partial charge in [-0.25, -0.2) is 0 Å². The Bertz CT molecular complexity index is 584. The van der Waals surface area contributed by atoms with Crippen LogP contribution in [0.1, 0.15) is 30.0 Å². The molecule has 0 saturated carbocycles. The molecule has 0 unspecified atom stereocenters. The molecule has 1 heterocycles. The first-order chi connectivity index (χ1) is 9.24. The molecule has 2 rings (SSSR count). The summed E-state index contributed by atoms with van der Waals surface area (Å²) >= 11 is 0. The molecule has 19 heavy (non-hydrogen) atoms. The van der Waals surface area contributed by atoms with E-state index >= 15 is 0 Å². The number of hydrogen-bond donors (Lipinski definition) is 1. The zero-order valence-electron chi connectivity index (χ0n) is 11.0. The number of nitrogens with zero attached hydrogens (tertiary/aromatic N) is 1. The molecule has 4 nitrogen and oxygen atoms in total. The van der Waals surface area contributed by atoms with E-state index in [9.17, 15) is 0 Å².